The number of carbonyl (C=O) groups is 1. The van der Waals surface area contributed by atoms with E-state index in [1.807, 2.05) is 19.1 Å². The molecular formula is C23H20F3N7O2. The van der Waals surface area contributed by atoms with E-state index in [9.17, 15) is 18.0 Å². The minimum atomic E-state index is -4.85. The third-order valence-corrected chi connectivity index (χ3v) is 5.78. The molecule has 0 radical (unpaired) electrons. The summed E-state index contributed by atoms with van der Waals surface area (Å²) in [6.07, 6.45) is -0.417. The Labute approximate surface area is 197 Å². The molecule has 180 valence electrons. The van der Waals surface area contributed by atoms with E-state index in [0.29, 0.717) is 30.0 Å². The lowest BCUT2D eigenvalue weighted by atomic mass is 10.0. The molecule has 1 saturated heterocycles. The maximum Gasteiger partial charge on any atom is 0.573 e. The lowest BCUT2D eigenvalue weighted by Gasteiger charge is -2.24. The van der Waals surface area contributed by atoms with Crippen molar-refractivity contribution in [1.29, 1.82) is 0 Å². The Kier molecular flexibility index (Phi) is 5.71. The van der Waals surface area contributed by atoms with E-state index < -0.39 is 18.2 Å². The number of amides is 1. The van der Waals surface area contributed by atoms with Crippen LogP contribution in [0.3, 0.4) is 0 Å². The van der Waals surface area contributed by atoms with Gasteiger partial charge >= 0.3 is 6.36 Å². The Morgan fingerprint density at radius 1 is 1.11 bits per heavy atom. The van der Waals surface area contributed by atoms with Crippen LogP contribution in [0, 0.1) is 6.92 Å². The average Bonchev–Trinajstić information content (AvgIpc) is 3.59. The molecule has 2 aromatic heterocycles. The van der Waals surface area contributed by atoms with Gasteiger partial charge in [0.2, 0.25) is 0 Å². The molecule has 3 heterocycles. The first-order chi connectivity index (χ1) is 16.8. The van der Waals surface area contributed by atoms with Crippen LogP contribution in [0.5, 0.6) is 5.75 Å². The maximum absolute atomic E-state index is 13.7. The van der Waals surface area contributed by atoms with Crippen molar-refractivity contribution < 1.29 is 22.7 Å². The minimum absolute atomic E-state index is 0.0523. The van der Waals surface area contributed by atoms with Crippen molar-refractivity contribution in [3.8, 4) is 22.8 Å². The number of nitrogens with zero attached hydrogens (tertiary/aromatic N) is 6. The van der Waals surface area contributed by atoms with Crippen LogP contribution in [-0.2, 0) is 0 Å². The number of aromatic nitrogens is 6. The standard InChI is InChI=1S/C23H20F3N7O2/c1-14-6-4-8-16(33-27-11-12-28-33)19(14)22(34)32-13-5-9-17(32)21-29-20(30-31-21)15-7-2-3-10-18(15)35-23(24,25)26/h2-4,6-8,10-12,17H,5,9,13H2,1H3,(H,29,30,31). The highest BCUT2D eigenvalue weighted by atomic mass is 19.4. The van der Waals surface area contributed by atoms with Gasteiger partial charge in [-0.1, -0.05) is 24.3 Å². The zero-order valence-electron chi connectivity index (χ0n) is 18.5. The largest absolute Gasteiger partial charge is 0.573 e. The van der Waals surface area contributed by atoms with Crippen molar-refractivity contribution in [3.05, 3.63) is 71.8 Å². The van der Waals surface area contributed by atoms with Crippen molar-refractivity contribution >= 4 is 5.91 Å². The van der Waals surface area contributed by atoms with Crippen LogP contribution in [0.25, 0.3) is 17.1 Å². The van der Waals surface area contributed by atoms with Gasteiger partial charge in [0, 0.05) is 6.54 Å². The van der Waals surface area contributed by atoms with Crippen molar-refractivity contribution in [3.63, 3.8) is 0 Å². The molecule has 1 aliphatic heterocycles. The Bertz CT molecular complexity index is 1350. The van der Waals surface area contributed by atoms with E-state index in [1.165, 1.54) is 35.4 Å². The number of H-pyrrole nitrogens is 1. The second-order valence-corrected chi connectivity index (χ2v) is 8.03. The fourth-order valence-corrected chi connectivity index (χ4v) is 4.28. The summed E-state index contributed by atoms with van der Waals surface area (Å²) in [6.45, 7) is 2.34. The van der Waals surface area contributed by atoms with Gasteiger partial charge in [0.25, 0.3) is 5.91 Å². The zero-order valence-corrected chi connectivity index (χ0v) is 18.5. The van der Waals surface area contributed by atoms with Crippen LogP contribution in [0.4, 0.5) is 13.2 Å². The smallest absolute Gasteiger partial charge is 0.405 e. The number of nitrogens with one attached hydrogen (secondary N) is 1. The Morgan fingerprint density at radius 3 is 2.66 bits per heavy atom. The summed E-state index contributed by atoms with van der Waals surface area (Å²) in [7, 11) is 0. The lowest BCUT2D eigenvalue weighted by molar-refractivity contribution is -0.274. The number of hydrogen-bond donors (Lipinski definition) is 1. The molecule has 1 atom stereocenters. The minimum Gasteiger partial charge on any atom is -0.405 e. The molecule has 0 aliphatic carbocycles. The van der Waals surface area contributed by atoms with Crippen LogP contribution in [0.1, 0.15) is 40.6 Å². The van der Waals surface area contributed by atoms with Crippen LogP contribution in [0.2, 0.25) is 0 Å². The molecule has 35 heavy (non-hydrogen) atoms. The zero-order chi connectivity index (χ0) is 24.6. The Hall–Kier alpha value is -4.22. The van der Waals surface area contributed by atoms with Crippen LogP contribution < -0.4 is 4.74 Å². The summed E-state index contributed by atoms with van der Waals surface area (Å²) >= 11 is 0. The van der Waals surface area contributed by atoms with Gasteiger partial charge in [-0.05, 0) is 43.5 Å². The summed E-state index contributed by atoms with van der Waals surface area (Å²) < 4.78 is 42.6. The van der Waals surface area contributed by atoms with E-state index in [2.05, 4.69) is 30.1 Å². The molecule has 1 aliphatic rings. The van der Waals surface area contributed by atoms with Gasteiger partial charge in [-0.25, -0.2) is 4.98 Å². The first-order valence-corrected chi connectivity index (χ1v) is 10.9. The first kappa shape index (κ1) is 22.6. The quantitative estimate of drug-likeness (QED) is 0.456. The fraction of sp³-hybridized carbons (Fsp3) is 0.261. The first-order valence-electron chi connectivity index (χ1n) is 10.9. The number of alkyl halides is 3. The van der Waals surface area contributed by atoms with E-state index in [-0.39, 0.29) is 17.3 Å². The highest BCUT2D eigenvalue weighted by Gasteiger charge is 2.36. The van der Waals surface area contributed by atoms with Gasteiger partial charge in [0.05, 0.1) is 35.2 Å². The van der Waals surface area contributed by atoms with Gasteiger partial charge in [-0.2, -0.15) is 20.1 Å². The number of hydrogen-bond acceptors (Lipinski definition) is 6. The molecule has 0 spiro atoms. The van der Waals surface area contributed by atoms with Gasteiger partial charge in [0.1, 0.15) is 11.6 Å². The third-order valence-electron chi connectivity index (χ3n) is 5.78. The monoisotopic (exact) mass is 483 g/mol. The van der Waals surface area contributed by atoms with Crippen molar-refractivity contribution in [2.24, 2.45) is 0 Å². The molecule has 1 N–H and O–H groups in total. The Balaban J connectivity index is 1.46. The predicted molar refractivity (Wildman–Crippen MR) is 118 cm³/mol. The molecular weight excluding hydrogens is 463 g/mol. The topological polar surface area (TPSA) is 102 Å². The van der Waals surface area contributed by atoms with E-state index in [1.54, 1.807) is 17.0 Å². The van der Waals surface area contributed by atoms with Crippen LogP contribution in [-0.4, -0.2) is 53.9 Å². The highest BCUT2D eigenvalue weighted by molar-refractivity contribution is 5.99. The lowest BCUT2D eigenvalue weighted by Crippen LogP contribution is -2.32. The molecule has 0 bridgehead atoms. The van der Waals surface area contributed by atoms with Crippen LogP contribution in [0.15, 0.2) is 54.9 Å². The number of likely N-dealkylation sites (tertiary alicyclic amines) is 1. The normalized spacial score (nSPS) is 16.0. The summed E-state index contributed by atoms with van der Waals surface area (Å²) in [5, 5.41) is 15.2. The maximum atomic E-state index is 13.7. The number of para-hydroxylation sites is 1. The second kappa shape index (κ2) is 8.85. The van der Waals surface area contributed by atoms with Crippen molar-refractivity contribution in [2.75, 3.05) is 6.54 Å². The third kappa shape index (κ3) is 4.46. The molecule has 0 saturated carbocycles. The van der Waals surface area contributed by atoms with E-state index >= 15 is 0 Å². The molecule has 1 fully saturated rings. The molecule has 12 heteroatoms. The SMILES string of the molecule is Cc1cccc(-n2nccn2)c1C(=O)N1CCCC1c1nc(-c2ccccc2OC(F)(F)F)n[nH]1. The molecule has 5 rings (SSSR count). The number of carbonyl (C=O) groups excluding carboxylic acids is 1. The van der Waals surface area contributed by atoms with E-state index in [4.69, 9.17) is 0 Å². The molecule has 4 aromatic rings. The highest BCUT2D eigenvalue weighted by Crippen LogP contribution is 2.36. The second-order valence-electron chi connectivity index (χ2n) is 8.03. The molecule has 1 unspecified atom stereocenters. The number of aryl methyl sites for hydroxylation is 1. The number of rotatable bonds is 5. The molecule has 1 amide bonds. The van der Waals surface area contributed by atoms with Gasteiger partial charge in [0.15, 0.2) is 5.82 Å². The van der Waals surface area contributed by atoms with Crippen molar-refractivity contribution in [2.45, 2.75) is 32.2 Å². The van der Waals surface area contributed by atoms with Gasteiger partial charge in [-0.3, -0.25) is 9.89 Å². The number of benzene rings is 2. The fourth-order valence-electron chi connectivity index (χ4n) is 4.28. The number of halogens is 3. The number of aromatic amines is 1. The van der Waals surface area contributed by atoms with Gasteiger partial charge < -0.3 is 9.64 Å². The predicted octanol–water partition coefficient (Wildman–Crippen LogP) is 4.24. The van der Waals surface area contributed by atoms with E-state index in [0.717, 1.165) is 12.0 Å². The summed E-state index contributed by atoms with van der Waals surface area (Å²) in [4.78, 5) is 21.2. The number of ether oxygens (including phenoxy) is 1. The van der Waals surface area contributed by atoms with Crippen LogP contribution >= 0.6 is 0 Å². The van der Waals surface area contributed by atoms with Gasteiger partial charge in [-0.15, -0.1) is 13.2 Å². The average molecular weight is 483 g/mol. The molecule has 9 nitrogen and oxygen atoms in total. The molecule has 2 aromatic carbocycles. The summed E-state index contributed by atoms with van der Waals surface area (Å²) in [6, 6.07) is 10.7. The summed E-state index contributed by atoms with van der Waals surface area (Å²) in [5.74, 6) is -0.172. The Morgan fingerprint density at radius 2 is 1.89 bits per heavy atom. The van der Waals surface area contributed by atoms with Crippen molar-refractivity contribution in [1.82, 2.24) is 35.1 Å². The summed E-state index contributed by atoms with van der Waals surface area (Å²) in [5.41, 5.74) is 1.89.